The summed E-state index contributed by atoms with van der Waals surface area (Å²) >= 11 is 1.10. The zero-order valence-electron chi connectivity index (χ0n) is 15.6. The second-order valence-corrected chi connectivity index (χ2v) is 9.77. The second-order valence-electron chi connectivity index (χ2n) is 6.70. The van der Waals surface area contributed by atoms with Crippen molar-refractivity contribution in [3.05, 3.63) is 41.7 Å². The minimum Gasteiger partial charge on any atom is -0.339 e. The van der Waals surface area contributed by atoms with E-state index in [1.165, 1.54) is 4.31 Å². The lowest BCUT2D eigenvalue weighted by molar-refractivity contribution is -0.120. The maximum atomic E-state index is 13.1. The number of carbonyl (C=O) groups is 1. The van der Waals surface area contributed by atoms with E-state index < -0.39 is 15.9 Å². The van der Waals surface area contributed by atoms with Gasteiger partial charge < -0.3 is 9.84 Å². The monoisotopic (exact) mass is 433 g/mol. The van der Waals surface area contributed by atoms with E-state index in [0.29, 0.717) is 42.5 Å². The SMILES string of the molecule is Cc1nc(-c2csc(S(=O)(=O)N3CCC[C@H](C(=O)Nc4ccccn4)C3)c2)no1. The highest BCUT2D eigenvalue weighted by Crippen LogP contribution is 2.31. The summed E-state index contributed by atoms with van der Waals surface area (Å²) in [7, 11) is -3.71. The van der Waals surface area contributed by atoms with E-state index in [-0.39, 0.29) is 16.7 Å². The highest BCUT2D eigenvalue weighted by atomic mass is 32.2. The predicted molar refractivity (Wildman–Crippen MR) is 107 cm³/mol. The van der Waals surface area contributed by atoms with Crippen LogP contribution < -0.4 is 5.32 Å². The van der Waals surface area contributed by atoms with Gasteiger partial charge >= 0.3 is 0 Å². The van der Waals surface area contributed by atoms with Gasteiger partial charge in [0.1, 0.15) is 10.0 Å². The first kappa shape index (κ1) is 19.7. The first-order valence-corrected chi connectivity index (χ1v) is 11.4. The molecule has 11 heteroatoms. The van der Waals surface area contributed by atoms with Gasteiger partial charge in [-0.2, -0.15) is 9.29 Å². The highest BCUT2D eigenvalue weighted by molar-refractivity contribution is 7.91. The van der Waals surface area contributed by atoms with Gasteiger partial charge in [0.15, 0.2) is 0 Å². The molecule has 0 spiro atoms. The van der Waals surface area contributed by atoms with Crippen molar-refractivity contribution in [2.75, 3.05) is 18.4 Å². The Kier molecular flexibility index (Phi) is 5.43. The molecule has 4 rings (SSSR count). The molecule has 1 amide bonds. The summed E-state index contributed by atoms with van der Waals surface area (Å²) < 4.78 is 32.7. The van der Waals surface area contributed by atoms with Crippen LogP contribution in [0.15, 0.2) is 44.6 Å². The van der Waals surface area contributed by atoms with E-state index in [2.05, 4.69) is 20.4 Å². The molecule has 0 aromatic carbocycles. The van der Waals surface area contributed by atoms with Crippen molar-refractivity contribution >= 4 is 33.1 Å². The first-order chi connectivity index (χ1) is 13.9. The second kappa shape index (κ2) is 8.01. The number of aryl methyl sites for hydroxylation is 1. The molecule has 1 aliphatic heterocycles. The molecule has 0 unspecified atom stereocenters. The molecule has 3 aromatic rings. The Hall–Kier alpha value is -2.63. The van der Waals surface area contributed by atoms with Gasteiger partial charge in [0.05, 0.1) is 5.92 Å². The fraction of sp³-hybridized carbons (Fsp3) is 0.333. The van der Waals surface area contributed by atoms with Crippen molar-refractivity contribution in [2.45, 2.75) is 24.0 Å². The standard InChI is InChI=1S/C18H19N5O4S2/c1-12-20-17(22-27-12)14-9-16(28-11-14)29(25,26)23-8-4-5-13(10-23)18(24)21-15-6-2-3-7-19-15/h2-3,6-7,9,11,13H,4-5,8,10H2,1H3,(H,19,21,24)/t13-/m0/s1. The maximum Gasteiger partial charge on any atom is 0.252 e. The molecule has 9 nitrogen and oxygen atoms in total. The number of amides is 1. The largest absolute Gasteiger partial charge is 0.339 e. The number of nitrogens with one attached hydrogen (secondary N) is 1. The number of hydrogen-bond acceptors (Lipinski definition) is 8. The van der Waals surface area contributed by atoms with Gasteiger partial charge in [0, 0.05) is 37.2 Å². The van der Waals surface area contributed by atoms with Crippen LogP contribution in [-0.4, -0.2) is 46.8 Å². The summed E-state index contributed by atoms with van der Waals surface area (Å²) in [4.78, 5) is 20.8. The van der Waals surface area contributed by atoms with Gasteiger partial charge in [-0.1, -0.05) is 11.2 Å². The summed E-state index contributed by atoms with van der Waals surface area (Å²) in [6, 6.07) is 6.78. The van der Waals surface area contributed by atoms with Crippen LogP contribution in [0.2, 0.25) is 0 Å². The molecule has 1 fully saturated rings. The van der Waals surface area contributed by atoms with Crippen LogP contribution in [0.5, 0.6) is 0 Å². The van der Waals surface area contributed by atoms with Crippen LogP contribution in [0.3, 0.4) is 0 Å². The molecular formula is C18H19N5O4S2. The summed E-state index contributed by atoms with van der Waals surface area (Å²) in [5, 5.41) is 8.26. The topological polar surface area (TPSA) is 118 Å². The Bertz CT molecular complexity index is 1110. The molecule has 1 saturated heterocycles. The van der Waals surface area contributed by atoms with Crippen LogP contribution in [0, 0.1) is 12.8 Å². The molecule has 1 atom stereocenters. The zero-order valence-corrected chi connectivity index (χ0v) is 17.2. The zero-order chi connectivity index (χ0) is 20.4. The molecule has 1 N–H and O–H groups in total. The first-order valence-electron chi connectivity index (χ1n) is 9.05. The summed E-state index contributed by atoms with van der Waals surface area (Å²) in [6.07, 6.45) is 2.83. The number of hydrogen-bond donors (Lipinski definition) is 1. The van der Waals surface area contributed by atoms with Gasteiger partial charge in [0.25, 0.3) is 10.0 Å². The van der Waals surface area contributed by atoms with Crippen molar-refractivity contribution in [1.29, 1.82) is 0 Å². The van der Waals surface area contributed by atoms with Gasteiger partial charge in [-0.05, 0) is 31.0 Å². The van der Waals surface area contributed by atoms with E-state index in [9.17, 15) is 13.2 Å². The van der Waals surface area contributed by atoms with Crippen LogP contribution in [-0.2, 0) is 14.8 Å². The Labute approximate surface area is 171 Å². The lowest BCUT2D eigenvalue weighted by Crippen LogP contribution is -2.43. The summed E-state index contributed by atoms with van der Waals surface area (Å²) in [5.74, 6) is 0.563. The molecule has 4 heterocycles. The highest BCUT2D eigenvalue weighted by Gasteiger charge is 2.34. The number of aromatic nitrogens is 3. The Balaban J connectivity index is 1.48. The van der Waals surface area contributed by atoms with E-state index >= 15 is 0 Å². The van der Waals surface area contributed by atoms with E-state index in [4.69, 9.17) is 4.52 Å². The molecule has 1 aliphatic rings. The van der Waals surface area contributed by atoms with Gasteiger partial charge in [-0.25, -0.2) is 13.4 Å². The number of anilines is 1. The number of sulfonamides is 1. The number of rotatable bonds is 5. The maximum absolute atomic E-state index is 13.1. The number of thiophene rings is 1. The third-order valence-corrected chi connectivity index (χ3v) is 7.91. The van der Waals surface area contributed by atoms with Crippen LogP contribution in [0.1, 0.15) is 18.7 Å². The smallest absolute Gasteiger partial charge is 0.252 e. The minimum atomic E-state index is -3.71. The summed E-state index contributed by atoms with van der Waals surface area (Å²) in [5.41, 5.74) is 0.590. The molecular weight excluding hydrogens is 414 g/mol. The van der Waals surface area contributed by atoms with E-state index in [0.717, 1.165) is 11.3 Å². The molecule has 0 radical (unpaired) electrons. The number of carbonyl (C=O) groups excluding carboxylic acids is 1. The fourth-order valence-electron chi connectivity index (χ4n) is 3.15. The van der Waals surface area contributed by atoms with Crippen LogP contribution >= 0.6 is 11.3 Å². The van der Waals surface area contributed by atoms with E-state index in [1.807, 2.05) is 0 Å². The average Bonchev–Trinajstić information content (AvgIpc) is 3.38. The lowest BCUT2D eigenvalue weighted by atomic mass is 9.99. The van der Waals surface area contributed by atoms with Crippen molar-refractivity contribution < 1.29 is 17.7 Å². The van der Waals surface area contributed by atoms with E-state index in [1.54, 1.807) is 42.8 Å². The Morgan fingerprint density at radius 1 is 1.38 bits per heavy atom. The third kappa shape index (κ3) is 4.21. The van der Waals surface area contributed by atoms with Crippen molar-refractivity contribution in [2.24, 2.45) is 5.92 Å². The molecule has 3 aromatic heterocycles. The summed E-state index contributed by atoms with van der Waals surface area (Å²) in [6.45, 7) is 2.18. The van der Waals surface area contributed by atoms with Crippen molar-refractivity contribution in [3.63, 3.8) is 0 Å². The Morgan fingerprint density at radius 3 is 2.97 bits per heavy atom. The molecule has 0 saturated carbocycles. The van der Waals surface area contributed by atoms with Crippen LogP contribution in [0.25, 0.3) is 11.4 Å². The molecule has 152 valence electrons. The van der Waals surface area contributed by atoms with Gasteiger partial charge in [-0.15, -0.1) is 11.3 Å². The minimum absolute atomic E-state index is 0.134. The van der Waals surface area contributed by atoms with Crippen LogP contribution in [0.4, 0.5) is 5.82 Å². The van der Waals surface area contributed by atoms with Crippen molar-refractivity contribution in [1.82, 2.24) is 19.4 Å². The Morgan fingerprint density at radius 2 is 2.24 bits per heavy atom. The number of piperidine rings is 1. The quantitative estimate of drug-likeness (QED) is 0.657. The normalized spacial score (nSPS) is 17.9. The predicted octanol–water partition coefficient (Wildman–Crippen LogP) is 2.54. The number of pyridine rings is 1. The van der Waals surface area contributed by atoms with Crippen molar-refractivity contribution in [3.8, 4) is 11.4 Å². The molecule has 0 aliphatic carbocycles. The third-order valence-electron chi connectivity index (χ3n) is 4.63. The van der Waals surface area contributed by atoms with Gasteiger partial charge in [0.2, 0.25) is 17.6 Å². The molecule has 29 heavy (non-hydrogen) atoms. The average molecular weight is 434 g/mol. The lowest BCUT2D eigenvalue weighted by Gasteiger charge is -2.30. The van der Waals surface area contributed by atoms with Gasteiger partial charge in [-0.3, -0.25) is 4.79 Å². The number of nitrogens with zero attached hydrogens (tertiary/aromatic N) is 4. The fourth-order valence-corrected chi connectivity index (χ4v) is 5.99. The molecule has 0 bridgehead atoms.